The molecule has 1 saturated heterocycles. The molecule has 0 N–H and O–H groups in total. The predicted molar refractivity (Wildman–Crippen MR) is 67.0 cm³/mol. The van der Waals surface area contributed by atoms with Gasteiger partial charge in [-0.3, -0.25) is 14.7 Å². The Morgan fingerprint density at radius 3 is 3.12 bits per heavy atom. The molecule has 0 radical (unpaired) electrons. The SMILES string of the molecule is Cc1ccncc1C(=O)C1CSCCN1C. The third kappa shape index (κ3) is 2.28. The second-order valence-corrected chi connectivity index (χ2v) is 5.28. The molecule has 0 amide bonds. The Labute approximate surface area is 100 Å². The number of pyridine rings is 1. The number of rotatable bonds is 2. The monoisotopic (exact) mass is 236 g/mol. The maximum atomic E-state index is 12.3. The van der Waals surface area contributed by atoms with Gasteiger partial charge in [-0.15, -0.1) is 0 Å². The summed E-state index contributed by atoms with van der Waals surface area (Å²) in [5.74, 6) is 2.22. The van der Waals surface area contributed by atoms with Crippen molar-refractivity contribution in [3.05, 3.63) is 29.6 Å². The van der Waals surface area contributed by atoms with Gasteiger partial charge in [0.2, 0.25) is 0 Å². The number of hydrogen-bond donors (Lipinski definition) is 0. The van der Waals surface area contributed by atoms with Crippen molar-refractivity contribution in [3.8, 4) is 0 Å². The molecule has 1 unspecified atom stereocenters. The van der Waals surface area contributed by atoms with E-state index in [0.29, 0.717) is 0 Å². The van der Waals surface area contributed by atoms with Crippen LogP contribution in [0.25, 0.3) is 0 Å². The molecule has 86 valence electrons. The molecule has 0 bridgehead atoms. The van der Waals surface area contributed by atoms with Crippen LogP contribution in [0.3, 0.4) is 0 Å². The van der Waals surface area contributed by atoms with Crippen molar-refractivity contribution in [1.29, 1.82) is 0 Å². The van der Waals surface area contributed by atoms with E-state index in [1.54, 1.807) is 12.4 Å². The molecule has 4 heteroatoms. The number of Topliss-reactive ketones (excluding diaryl/α,β-unsaturated/α-hetero) is 1. The summed E-state index contributed by atoms with van der Waals surface area (Å²) in [7, 11) is 2.02. The molecule has 1 aromatic rings. The first-order valence-electron chi connectivity index (χ1n) is 5.43. The van der Waals surface area contributed by atoms with Gasteiger partial charge in [-0.25, -0.2) is 0 Å². The summed E-state index contributed by atoms with van der Waals surface area (Å²) in [5.41, 5.74) is 1.78. The fourth-order valence-electron chi connectivity index (χ4n) is 1.86. The summed E-state index contributed by atoms with van der Waals surface area (Å²) in [6.07, 6.45) is 3.41. The highest BCUT2D eigenvalue weighted by molar-refractivity contribution is 7.99. The van der Waals surface area contributed by atoms with E-state index in [1.807, 2.05) is 31.8 Å². The molecule has 1 atom stereocenters. The molecule has 1 aliphatic rings. The molecule has 1 aliphatic heterocycles. The lowest BCUT2D eigenvalue weighted by Crippen LogP contribution is -2.45. The van der Waals surface area contributed by atoms with Gasteiger partial charge in [0.1, 0.15) is 0 Å². The van der Waals surface area contributed by atoms with E-state index >= 15 is 0 Å². The van der Waals surface area contributed by atoms with Crippen LogP contribution in [-0.2, 0) is 0 Å². The Morgan fingerprint density at radius 2 is 2.44 bits per heavy atom. The molecule has 1 fully saturated rings. The first kappa shape index (κ1) is 11.6. The molecule has 1 aromatic heterocycles. The third-order valence-corrected chi connectivity index (χ3v) is 4.03. The summed E-state index contributed by atoms with van der Waals surface area (Å²) in [5, 5.41) is 0. The highest BCUT2D eigenvalue weighted by Crippen LogP contribution is 2.19. The van der Waals surface area contributed by atoms with Crippen LogP contribution in [0.1, 0.15) is 15.9 Å². The van der Waals surface area contributed by atoms with E-state index in [1.165, 1.54) is 0 Å². The minimum Gasteiger partial charge on any atom is -0.295 e. The van der Waals surface area contributed by atoms with Crippen molar-refractivity contribution in [3.63, 3.8) is 0 Å². The van der Waals surface area contributed by atoms with Crippen LogP contribution in [0, 0.1) is 6.92 Å². The fourth-order valence-corrected chi connectivity index (χ4v) is 3.08. The van der Waals surface area contributed by atoms with Gasteiger partial charge in [0.25, 0.3) is 0 Å². The number of aryl methyl sites for hydroxylation is 1. The highest BCUT2D eigenvalue weighted by atomic mass is 32.2. The van der Waals surface area contributed by atoms with Gasteiger partial charge in [-0.2, -0.15) is 11.8 Å². The van der Waals surface area contributed by atoms with E-state index in [9.17, 15) is 4.79 Å². The fraction of sp³-hybridized carbons (Fsp3) is 0.500. The Hall–Kier alpha value is -0.870. The quantitative estimate of drug-likeness (QED) is 0.731. The number of aromatic nitrogens is 1. The zero-order valence-corrected chi connectivity index (χ0v) is 10.5. The average Bonchev–Trinajstić information content (AvgIpc) is 2.29. The standard InChI is InChI=1S/C12H16N2OS/c1-9-3-4-13-7-10(9)12(15)11-8-16-6-5-14(11)2/h3-4,7,11H,5-6,8H2,1-2H3. The minimum absolute atomic E-state index is 0.0154. The van der Waals surface area contributed by atoms with Crippen molar-refractivity contribution >= 4 is 17.5 Å². The van der Waals surface area contributed by atoms with Gasteiger partial charge in [-0.05, 0) is 25.6 Å². The number of hydrogen-bond acceptors (Lipinski definition) is 4. The second kappa shape index (κ2) is 4.97. The van der Waals surface area contributed by atoms with Gasteiger partial charge >= 0.3 is 0 Å². The van der Waals surface area contributed by atoms with E-state index < -0.39 is 0 Å². The lowest BCUT2D eigenvalue weighted by atomic mass is 10.0. The van der Waals surface area contributed by atoms with Gasteiger partial charge in [-0.1, -0.05) is 0 Å². The number of ketones is 1. The van der Waals surface area contributed by atoms with Gasteiger partial charge in [0.05, 0.1) is 6.04 Å². The number of carbonyl (C=O) groups is 1. The van der Waals surface area contributed by atoms with Gasteiger partial charge in [0, 0.05) is 36.0 Å². The largest absolute Gasteiger partial charge is 0.295 e. The van der Waals surface area contributed by atoms with Crippen LogP contribution in [-0.4, -0.2) is 46.8 Å². The topological polar surface area (TPSA) is 33.2 Å². The van der Waals surface area contributed by atoms with Crippen LogP contribution in [0.5, 0.6) is 0 Å². The summed E-state index contributed by atoms with van der Waals surface area (Å²) in [6, 6.07) is 1.91. The third-order valence-electron chi connectivity index (χ3n) is 3.00. The normalized spacial score (nSPS) is 22.0. The Balaban J connectivity index is 2.21. The zero-order chi connectivity index (χ0) is 11.5. The highest BCUT2D eigenvalue weighted by Gasteiger charge is 2.27. The maximum Gasteiger partial charge on any atom is 0.182 e. The van der Waals surface area contributed by atoms with E-state index in [2.05, 4.69) is 9.88 Å². The van der Waals surface area contributed by atoms with Crippen molar-refractivity contribution in [2.45, 2.75) is 13.0 Å². The van der Waals surface area contributed by atoms with Crippen molar-refractivity contribution < 1.29 is 4.79 Å². The van der Waals surface area contributed by atoms with Crippen LogP contribution in [0.4, 0.5) is 0 Å². The second-order valence-electron chi connectivity index (χ2n) is 4.13. The minimum atomic E-state index is 0.0154. The molecule has 0 spiro atoms. The smallest absolute Gasteiger partial charge is 0.182 e. The summed E-state index contributed by atoms with van der Waals surface area (Å²) >= 11 is 1.85. The van der Waals surface area contributed by atoms with Crippen LogP contribution in [0.2, 0.25) is 0 Å². The lowest BCUT2D eigenvalue weighted by molar-refractivity contribution is 0.0873. The molecular weight excluding hydrogens is 220 g/mol. The molecule has 16 heavy (non-hydrogen) atoms. The molecular formula is C12H16N2OS. The number of thioether (sulfide) groups is 1. The first-order valence-corrected chi connectivity index (χ1v) is 6.58. The van der Waals surface area contributed by atoms with Crippen molar-refractivity contribution in [2.24, 2.45) is 0 Å². The number of likely N-dealkylation sites (N-methyl/N-ethyl adjacent to an activating group) is 1. The summed E-state index contributed by atoms with van der Waals surface area (Å²) < 4.78 is 0. The lowest BCUT2D eigenvalue weighted by Gasteiger charge is -2.31. The number of nitrogens with zero attached hydrogens (tertiary/aromatic N) is 2. The Morgan fingerprint density at radius 1 is 1.62 bits per heavy atom. The first-order chi connectivity index (χ1) is 7.70. The molecule has 3 nitrogen and oxygen atoms in total. The Kier molecular flexibility index (Phi) is 3.61. The van der Waals surface area contributed by atoms with Gasteiger partial charge in [0.15, 0.2) is 5.78 Å². The van der Waals surface area contributed by atoms with Crippen LogP contribution < -0.4 is 0 Å². The summed E-state index contributed by atoms with van der Waals surface area (Å²) in [4.78, 5) is 18.5. The summed E-state index contributed by atoms with van der Waals surface area (Å²) in [6.45, 7) is 2.95. The maximum absolute atomic E-state index is 12.3. The molecule has 0 saturated carbocycles. The van der Waals surface area contributed by atoms with Crippen molar-refractivity contribution in [1.82, 2.24) is 9.88 Å². The Bertz CT molecular complexity index is 394. The molecule has 2 heterocycles. The zero-order valence-electron chi connectivity index (χ0n) is 9.64. The predicted octanol–water partition coefficient (Wildman–Crippen LogP) is 1.62. The molecule has 2 rings (SSSR count). The molecule has 0 aromatic carbocycles. The van der Waals surface area contributed by atoms with E-state index in [4.69, 9.17) is 0 Å². The average molecular weight is 236 g/mol. The van der Waals surface area contributed by atoms with Crippen LogP contribution in [0.15, 0.2) is 18.5 Å². The van der Waals surface area contributed by atoms with E-state index in [0.717, 1.165) is 29.2 Å². The van der Waals surface area contributed by atoms with Crippen LogP contribution >= 0.6 is 11.8 Å². The van der Waals surface area contributed by atoms with Crippen molar-refractivity contribution in [2.75, 3.05) is 25.1 Å². The number of carbonyl (C=O) groups excluding carboxylic acids is 1. The van der Waals surface area contributed by atoms with Gasteiger partial charge < -0.3 is 0 Å². The molecule has 0 aliphatic carbocycles. The van der Waals surface area contributed by atoms with E-state index in [-0.39, 0.29) is 11.8 Å².